The van der Waals surface area contributed by atoms with Crippen molar-refractivity contribution in [2.24, 2.45) is 0 Å². The molecule has 2 heterocycles. The van der Waals surface area contributed by atoms with Crippen molar-refractivity contribution in [2.75, 3.05) is 13.1 Å². The average Bonchev–Trinajstić information content (AvgIpc) is 3.18. The van der Waals surface area contributed by atoms with Gasteiger partial charge >= 0.3 is 5.97 Å². The van der Waals surface area contributed by atoms with E-state index in [0.29, 0.717) is 6.04 Å². The highest BCUT2D eigenvalue weighted by Crippen LogP contribution is 2.28. The van der Waals surface area contributed by atoms with Crippen LogP contribution in [-0.4, -0.2) is 38.8 Å². The Hall–Kier alpha value is -2.14. The number of hydrogen-bond donors (Lipinski definition) is 1. The van der Waals surface area contributed by atoms with Gasteiger partial charge in [-0.05, 0) is 50.9 Å². The molecule has 5 heteroatoms. The van der Waals surface area contributed by atoms with Gasteiger partial charge in [0.25, 0.3) is 0 Å². The summed E-state index contributed by atoms with van der Waals surface area (Å²) in [7, 11) is 0. The third-order valence-corrected chi connectivity index (χ3v) is 4.78. The summed E-state index contributed by atoms with van der Waals surface area (Å²) in [5.41, 5.74) is 4.28. The van der Waals surface area contributed by atoms with Crippen LogP contribution in [0.2, 0.25) is 0 Å². The number of aromatic nitrogens is 2. The summed E-state index contributed by atoms with van der Waals surface area (Å²) >= 11 is 0. The highest BCUT2D eigenvalue weighted by atomic mass is 16.4. The summed E-state index contributed by atoms with van der Waals surface area (Å²) in [6.07, 6.45) is 4.34. The Morgan fingerprint density at radius 2 is 1.91 bits per heavy atom. The number of likely N-dealkylation sites (tertiary alicyclic amines) is 1. The maximum absolute atomic E-state index is 10.8. The van der Waals surface area contributed by atoms with Gasteiger partial charge in [0.2, 0.25) is 0 Å². The van der Waals surface area contributed by atoms with Crippen LogP contribution >= 0.6 is 0 Å². The Kier molecular flexibility index (Phi) is 4.48. The van der Waals surface area contributed by atoms with E-state index in [2.05, 4.69) is 41.2 Å². The predicted octanol–water partition coefficient (Wildman–Crippen LogP) is 3.10. The number of carboxylic acid groups (broad SMARTS) is 1. The van der Waals surface area contributed by atoms with E-state index >= 15 is 0 Å². The van der Waals surface area contributed by atoms with Gasteiger partial charge in [0, 0.05) is 17.3 Å². The van der Waals surface area contributed by atoms with Crippen LogP contribution in [0.4, 0.5) is 0 Å². The Balaban J connectivity index is 1.79. The van der Waals surface area contributed by atoms with Crippen molar-refractivity contribution in [3.8, 4) is 11.1 Å². The fourth-order valence-electron chi connectivity index (χ4n) is 3.30. The van der Waals surface area contributed by atoms with Gasteiger partial charge in [-0.25, -0.2) is 0 Å². The molecule has 0 unspecified atom stereocenters. The van der Waals surface area contributed by atoms with Crippen molar-refractivity contribution in [1.82, 2.24) is 14.7 Å². The fraction of sp³-hybridized carbons (Fsp3) is 0.444. The number of carbonyl (C=O) groups is 1. The SMILES string of the molecule is Cc1c(-c2ccc([C@@H](C)N3CCCC3)cc2)cnn1CC(=O)O. The molecule has 122 valence electrons. The van der Waals surface area contributed by atoms with E-state index in [-0.39, 0.29) is 6.54 Å². The lowest BCUT2D eigenvalue weighted by atomic mass is 10.0. The van der Waals surface area contributed by atoms with Crippen LogP contribution in [0.15, 0.2) is 30.5 Å². The van der Waals surface area contributed by atoms with E-state index < -0.39 is 5.97 Å². The summed E-state index contributed by atoms with van der Waals surface area (Å²) in [5.74, 6) is -0.877. The van der Waals surface area contributed by atoms with Gasteiger partial charge in [0.1, 0.15) is 6.54 Å². The number of nitrogens with zero attached hydrogens (tertiary/aromatic N) is 3. The van der Waals surface area contributed by atoms with E-state index in [4.69, 9.17) is 5.11 Å². The number of carboxylic acids is 1. The molecule has 3 rings (SSSR count). The van der Waals surface area contributed by atoms with Crippen molar-refractivity contribution in [2.45, 2.75) is 39.3 Å². The first-order chi connectivity index (χ1) is 11.1. The number of hydrogen-bond acceptors (Lipinski definition) is 3. The molecule has 1 atom stereocenters. The molecule has 0 radical (unpaired) electrons. The molecule has 0 amide bonds. The van der Waals surface area contributed by atoms with E-state index in [1.807, 2.05) is 6.92 Å². The molecular weight excluding hydrogens is 290 g/mol. The highest BCUT2D eigenvalue weighted by molar-refractivity contribution is 5.69. The minimum absolute atomic E-state index is 0.101. The van der Waals surface area contributed by atoms with Gasteiger partial charge in [0.05, 0.1) is 6.20 Å². The minimum Gasteiger partial charge on any atom is -0.480 e. The Bertz CT molecular complexity index is 685. The van der Waals surface area contributed by atoms with E-state index in [1.54, 1.807) is 6.20 Å². The second kappa shape index (κ2) is 6.54. The summed E-state index contributed by atoms with van der Waals surface area (Å²) < 4.78 is 1.53. The predicted molar refractivity (Wildman–Crippen MR) is 89.3 cm³/mol. The fourth-order valence-corrected chi connectivity index (χ4v) is 3.30. The van der Waals surface area contributed by atoms with Crippen LogP contribution in [0, 0.1) is 6.92 Å². The molecular formula is C18H23N3O2. The standard InChI is InChI=1S/C18H23N3O2/c1-13(20-9-3-4-10-20)15-5-7-16(8-6-15)17-11-19-21(14(17)2)12-18(22)23/h5-8,11,13H,3-4,9-10,12H2,1-2H3,(H,22,23)/t13-/m1/s1. The second-order valence-corrected chi connectivity index (χ2v) is 6.24. The molecule has 0 aliphatic carbocycles. The van der Waals surface area contributed by atoms with E-state index in [0.717, 1.165) is 16.8 Å². The molecule has 0 bridgehead atoms. The van der Waals surface area contributed by atoms with Gasteiger partial charge < -0.3 is 5.11 Å². The van der Waals surface area contributed by atoms with Crippen molar-refractivity contribution >= 4 is 5.97 Å². The Morgan fingerprint density at radius 1 is 1.26 bits per heavy atom. The van der Waals surface area contributed by atoms with Crippen molar-refractivity contribution in [3.63, 3.8) is 0 Å². The van der Waals surface area contributed by atoms with E-state index in [1.165, 1.54) is 36.2 Å². The first-order valence-electron chi connectivity index (χ1n) is 8.15. The molecule has 0 spiro atoms. The Labute approximate surface area is 136 Å². The summed E-state index contributed by atoms with van der Waals surface area (Å²) in [6, 6.07) is 9.01. The van der Waals surface area contributed by atoms with Crippen LogP contribution in [0.1, 0.15) is 37.1 Å². The second-order valence-electron chi connectivity index (χ2n) is 6.24. The molecule has 1 aliphatic rings. The molecule has 1 aromatic heterocycles. The van der Waals surface area contributed by atoms with Crippen LogP contribution < -0.4 is 0 Å². The van der Waals surface area contributed by atoms with E-state index in [9.17, 15) is 4.79 Å². The highest BCUT2D eigenvalue weighted by Gasteiger charge is 2.19. The number of benzene rings is 1. The lowest BCUT2D eigenvalue weighted by Crippen LogP contribution is -2.23. The van der Waals surface area contributed by atoms with Gasteiger partial charge in [0.15, 0.2) is 0 Å². The Morgan fingerprint density at radius 3 is 2.52 bits per heavy atom. The minimum atomic E-state index is -0.877. The largest absolute Gasteiger partial charge is 0.480 e. The van der Waals surface area contributed by atoms with Gasteiger partial charge in [-0.2, -0.15) is 5.10 Å². The third-order valence-electron chi connectivity index (χ3n) is 4.78. The molecule has 23 heavy (non-hydrogen) atoms. The maximum atomic E-state index is 10.8. The molecule has 1 saturated heterocycles. The van der Waals surface area contributed by atoms with Gasteiger partial charge in [-0.1, -0.05) is 24.3 Å². The topological polar surface area (TPSA) is 58.4 Å². The molecule has 5 nitrogen and oxygen atoms in total. The van der Waals surface area contributed by atoms with Crippen LogP contribution in [-0.2, 0) is 11.3 Å². The number of rotatable bonds is 5. The summed E-state index contributed by atoms with van der Waals surface area (Å²) in [4.78, 5) is 13.4. The normalized spacial score (nSPS) is 16.6. The average molecular weight is 313 g/mol. The molecule has 0 saturated carbocycles. The monoisotopic (exact) mass is 313 g/mol. The molecule has 2 aromatic rings. The van der Waals surface area contributed by atoms with Gasteiger partial charge in [-0.15, -0.1) is 0 Å². The zero-order chi connectivity index (χ0) is 16.4. The third kappa shape index (κ3) is 3.29. The molecule has 1 aliphatic heterocycles. The van der Waals surface area contributed by atoms with Crippen molar-refractivity contribution < 1.29 is 9.90 Å². The first kappa shape index (κ1) is 15.7. The first-order valence-corrected chi connectivity index (χ1v) is 8.15. The summed E-state index contributed by atoms with van der Waals surface area (Å²) in [5, 5.41) is 13.1. The van der Waals surface area contributed by atoms with Crippen LogP contribution in [0.25, 0.3) is 11.1 Å². The molecule has 1 N–H and O–H groups in total. The quantitative estimate of drug-likeness (QED) is 0.921. The van der Waals surface area contributed by atoms with Crippen molar-refractivity contribution in [3.05, 3.63) is 41.7 Å². The van der Waals surface area contributed by atoms with Gasteiger partial charge in [-0.3, -0.25) is 14.4 Å². The smallest absolute Gasteiger partial charge is 0.325 e. The maximum Gasteiger partial charge on any atom is 0.325 e. The zero-order valence-corrected chi connectivity index (χ0v) is 13.7. The van der Waals surface area contributed by atoms with Crippen molar-refractivity contribution in [1.29, 1.82) is 0 Å². The number of aliphatic carboxylic acids is 1. The molecule has 1 fully saturated rings. The lowest BCUT2D eigenvalue weighted by molar-refractivity contribution is -0.137. The summed E-state index contributed by atoms with van der Waals surface area (Å²) in [6.45, 7) is 6.44. The lowest BCUT2D eigenvalue weighted by Gasteiger charge is -2.24. The van der Waals surface area contributed by atoms with Crippen LogP contribution in [0.3, 0.4) is 0 Å². The zero-order valence-electron chi connectivity index (χ0n) is 13.7. The molecule has 1 aromatic carbocycles. The van der Waals surface area contributed by atoms with Crippen LogP contribution in [0.5, 0.6) is 0 Å².